The number of hydrogen-bond donors (Lipinski definition) is 1. The van der Waals surface area contributed by atoms with Gasteiger partial charge in [0, 0.05) is 19.0 Å². The molecule has 1 amide bonds. The molecule has 0 atom stereocenters. The first-order chi connectivity index (χ1) is 8.24. The van der Waals surface area contributed by atoms with Crippen LogP contribution in [0.15, 0.2) is 0 Å². The van der Waals surface area contributed by atoms with Crippen LogP contribution < -0.4 is 5.32 Å². The first-order valence-electron chi connectivity index (χ1n) is 7.26. The minimum absolute atomic E-state index is 0.260. The summed E-state index contributed by atoms with van der Waals surface area (Å²) >= 11 is 0. The second kappa shape index (κ2) is 6.39. The molecule has 1 saturated carbocycles. The molecule has 1 aliphatic carbocycles. The number of rotatable bonds is 4. The molecule has 1 heterocycles. The molecule has 0 aromatic heterocycles. The van der Waals surface area contributed by atoms with E-state index >= 15 is 0 Å². The van der Waals surface area contributed by atoms with Gasteiger partial charge in [0.25, 0.3) is 0 Å². The monoisotopic (exact) mass is 238 g/mol. The standard InChI is InChI=1S/C14H26N2O/c1-12-6-9-16(10-7-12)11-8-14(17)15-13-4-2-3-5-13/h12-13H,2-11H2,1H3,(H,15,17). The van der Waals surface area contributed by atoms with Crippen LogP contribution in [0.5, 0.6) is 0 Å². The Kier molecular flexibility index (Phi) is 4.84. The van der Waals surface area contributed by atoms with E-state index < -0.39 is 0 Å². The Morgan fingerprint density at radius 2 is 1.82 bits per heavy atom. The summed E-state index contributed by atoms with van der Waals surface area (Å²) in [6.07, 6.45) is 8.23. The fourth-order valence-electron chi connectivity index (χ4n) is 2.92. The van der Waals surface area contributed by atoms with Gasteiger partial charge in [-0.25, -0.2) is 0 Å². The molecule has 3 heteroatoms. The lowest BCUT2D eigenvalue weighted by Gasteiger charge is -2.30. The number of hydrogen-bond acceptors (Lipinski definition) is 2. The lowest BCUT2D eigenvalue weighted by atomic mass is 9.99. The maximum atomic E-state index is 11.8. The van der Waals surface area contributed by atoms with Crippen LogP contribution in [0.1, 0.15) is 51.9 Å². The summed E-state index contributed by atoms with van der Waals surface area (Å²) in [5.74, 6) is 1.13. The topological polar surface area (TPSA) is 32.3 Å². The maximum absolute atomic E-state index is 11.8. The van der Waals surface area contributed by atoms with Crippen molar-refractivity contribution in [3.05, 3.63) is 0 Å². The number of amides is 1. The zero-order valence-corrected chi connectivity index (χ0v) is 11.1. The van der Waals surface area contributed by atoms with Crippen molar-refractivity contribution in [2.75, 3.05) is 19.6 Å². The van der Waals surface area contributed by atoms with Gasteiger partial charge in [-0.2, -0.15) is 0 Å². The third kappa shape index (κ3) is 4.30. The Hall–Kier alpha value is -0.570. The predicted octanol–water partition coefficient (Wildman–Crippen LogP) is 2.17. The molecule has 0 unspecified atom stereocenters. The maximum Gasteiger partial charge on any atom is 0.221 e. The highest BCUT2D eigenvalue weighted by molar-refractivity contribution is 5.76. The Bertz CT molecular complexity index is 241. The fraction of sp³-hybridized carbons (Fsp3) is 0.929. The highest BCUT2D eigenvalue weighted by Crippen LogP contribution is 2.18. The minimum Gasteiger partial charge on any atom is -0.353 e. The second-order valence-electron chi connectivity index (χ2n) is 5.82. The van der Waals surface area contributed by atoms with E-state index in [-0.39, 0.29) is 5.91 Å². The van der Waals surface area contributed by atoms with Gasteiger partial charge in [-0.15, -0.1) is 0 Å². The van der Waals surface area contributed by atoms with E-state index in [1.165, 1.54) is 51.6 Å². The van der Waals surface area contributed by atoms with Crippen LogP contribution in [-0.2, 0) is 4.79 Å². The number of piperidine rings is 1. The van der Waals surface area contributed by atoms with E-state index in [9.17, 15) is 4.79 Å². The van der Waals surface area contributed by atoms with Gasteiger partial charge in [0.2, 0.25) is 5.91 Å². The predicted molar refractivity (Wildman–Crippen MR) is 69.9 cm³/mol. The fourth-order valence-corrected chi connectivity index (χ4v) is 2.92. The lowest BCUT2D eigenvalue weighted by Crippen LogP contribution is -2.38. The first-order valence-corrected chi connectivity index (χ1v) is 7.26. The molecule has 0 aromatic rings. The van der Waals surface area contributed by atoms with E-state index in [1.807, 2.05) is 0 Å². The molecule has 3 nitrogen and oxygen atoms in total. The summed E-state index contributed by atoms with van der Waals surface area (Å²) in [6, 6.07) is 0.476. The summed E-state index contributed by atoms with van der Waals surface area (Å²) < 4.78 is 0. The average Bonchev–Trinajstić information content (AvgIpc) is 2.81. The third-order valence-corrected chi connectivity index (χ3v) is 4.25. The second-order valence-corrected chi connectivity index (χ2v) is 5.82. The minimum atomic E-state index is 0.260. The molecule has 98 valence electrons. The van der Waals surface area contributed by atoms with Crippen LogP contribution in [0.2, 0.25) is 0 Å². The van der Waals surface area contributed by atoms with E-state index in [2.05, 4.69) is 17.1 Å². The van der Waals surface area contributed by atoms with Gasteiger partial charge in [-0.3, -0.25) is 4.79 Å². The molecule has 0 radical (unpaired) electrons. The Morgan fingerprint density at radius 3 is 2.47 bits per heavy atom. The van der Waals surface area contributed by atoms with Gasteiger partial charge in [0.15, 0.2) is 0 Å². The van der Waals surface area contributed by atoms with E-state index in [0.29, 0.717) is 12.5 Å². The summed E-state index contributed by atoms with van der Waals surface area (Å²) in [7, 11) is 0. The Balaban J connectivity index is 1.59. The van der Waals surface area contributed by atoms with E-state index in [0.717, 1.165) is 12.5 Å². The Labute approximate surface area is 105 Å². The van der Waals surface area contributed by atoms with Gasteiger partial charge in [-0.05, 0) is 44.7 Å². The summed E-state index contributed by atoms with van der Waals surface area (Å²) in [4.78, 5) is 14.2. The van der Waals surface area contributed by atoms with Crippen molar-refractivity contribution < 1.29 is 4.79 Å². The molecule has 1 saturated heterocycles. The molecular weight excluding hydrogens is 212 g/mol. The molecule has 1 N–H and O–H groups in total. The van der Waals surface area contributed by atoms with Gasteiger partial charge >= 0.3 is 0 Å². The normalized spacial score (nSPS) is 24.1. The molecule has 0 spiro atoms. The van der Waals surface area contributed by atoms with Crippen LogP contribution in [0.4, 0.5) is 0 Å². The SMILES string of the molecule is CC1CCN(CCC(=O)NC2CCCC2)CC1. The lowest BCUT2D eigenvalue weighted by molar-refractivity contribution is -0.122. The smallest absolute Gasteiger partial charge is 0.221 e. The van der Waals surface area contributed by atoms with Crippen molar-refractivity contribution in [1.82, 2.24) is 10.2 Å². The number of carbonyl (C=O) groups excluding carboxylic acids is 1. The number of carbonyl (C=O) groups is 1. The zero-order valence-electron chi connectivity index (χ0n) is 11.1. The van der Waals surface area contributed by atoms with Crippen LogP contribution in [0, 0.1) is 5.92 Å². The summed E-state index contributed by atoms with van der Waals surface area (Å²) in [5.41, 5.74) is 0. The molecule has 0 aromatic carbocycles. The van der Waals surface area contributed by atoms with Gasteiger partial charge in [0.1, 0.15) is 0 Å². The molecular formula is C14H26N2O. The average molecular weight is 238 g/mol. The first kappa shape index (κ1) is 12.9. The van der Waals surface area contributed by atoms with Crippen molar-refractivity contribution in [2.45, 2.75) is 57.9 Å². The van der Waals surface area contributed by atoms with Crippen LogP contribution in [0.3, 0.4) is 0 Å². The molecule has 2 aliphatic rings. The van der Waals surface area contributed by atoms with Crippen molar-refractivity contribution in [3.8, 4) is 0 Å². The van der Waals surface area contributed by atoms with Crippen molar-refractivity contribution in [2.24, 2.45) is 5.92 Å². The number of likely N-dealkylation sites (tertiary alicyclic amines) is 1. The summed E-state index contributed by atoms with van der Waals surface area (Å²) in [6.45, 7) is 5.63. The zero-order chi connectivity index (χ0) is 12.1. The molecule has 1 aliphatic heterocycles. The van der Waals surface area contributed by atoms with Crippen molar-refractivity contribution >= 4 is 5.91 Å². The van der Waals surface area contributed by atoms with Gasteiger partial charge in [0.05, 0.1) is 0 Å². The van der Waals surface area contributed by atoms with Crippen LogP contribution in [-0.4, -0.2) is 36.5 Å². The molecule has 2 fully saturated rings. The summed E-state index contributed by atoms with van der Waals surface area (Å²) in [5, 5.41) is 3.16. The van der Waals surface area contributed by atoms with Crippen LogP contribution >= 0.6 is 0 Å². The Morgan fingerprint density at radius 1 is 1.18 bits per heavy atom. The van der Waals surface area contributed by atoms with Crippen LogP contribution in [0.25, 0.3) is 0 Å². The highest BCUT2D eigenvalue weighted by atomic mass is 16.1. The molecule has 0 bridgehead atoms. The van der Waals surface area contributed by atoms with E-state index in [1.54, 1.807) is 0 Å². The highest BCUT2D eigenvalue weighted by Gasteiger charge is 2.19. The van der Waals surface area contributed by atoms with Crippen molar-refractivity contribution in [1.29, 1.82) is 0 Å². The number of nitrogens with zero attached hydrogens (tertiary/aromatic N) is 1. The number of nitrogens with one attached hydrogen (secondary N) is 1. The quantitative estimate of drug-likeness (QED) is 0.814. The van der Waals surface area contributed by atoms with Gasteiger partial charge in [-0.1, -0.05) is 19.8 Å². The van der Waals surface area contributed by atoms with Crippen molar-refractivity contribution in [3.63, 3.8) is 0 Å². The van der Waals surface area contributed by atoms with E-state index in [4.69, 9.17) is 0 Å². The largest absolute Gasteiger partial charge is 0.353 e. The third-order valence-electron chi connectivity index (χ3n) is 4.25. The molecule has 2 rings (SSSR count). The molecule has 17 heavy (non-hydrogen) atoms. The van der Waals surface area contributed by atoms with Gasteiger partial charge < -0.3 is 10.2 Å².